The first-order valence-corrected chi connectivity index (χ1v) is 6.74. The molecule has 0 bridgehead atoms. The predicted molar refractivity (Wildman–Crippen MR) is 75.0 cm³/mol. The van der Waals surface area contributed by atoms with Crippen LogP contribution in [0.4, 0.5) is 0 Å². The zero-order valence-electron chi connectivity index (χ0n) is 10.4. The molecular formula is C15H12O3S. The van der Waals surface area contributed by atoms with E-state index in [1.165, 1.54) is 17.0 Å². The van der Waals surface area contributed by atoms with Crippen molar-refractivity contribution in [3.63, 3.8) is 0 Å². The van der Waals surface area contributed by atoms with Crippen molar-refractivity contribution in [2.24, 2.45) is 0 Å². The summed E-state index contributed by atoms with van der Waals surface area (Å²) in [5, 5.41) is 1.19. The summed E-state index contributed by atoms with van der Waals surface area (Å²) in [6.45, 7) is 1.65. The fourth-order valence-corrected chi connectivity index (χ4v) is 3.02. The van der Waals surface area contributed by atoms with E-state index in [2.05, 4.69) is 18.2 Å². The van der Waals surface area contributed by atoms with Gasteiger partial charge < -0.3 is 9.15 Å². The Hall–Kier alpha value is -2.07. The number of carbonyl (C=O) groups excluding carboxylic acids is 1. The van der Waals surface area contributed by atoms with Crippen LogP contribution >= 0.6 is 11.3 Å². The molecule has 3 rings (SSSR count). The van der Waals surface area contributed by atoms with Crippen LogP contribution in [0.25, 0.3) is 20.7 Å². The third-order valence-electron chi connectivity index (χ3n) is 2.83. The van der Waals surface area contributed by atoms with Crippen LogP contribution in [0, 0.1) is 0 Å². The number of furan rings is 1. The van der Waals surface area contributed by atoms with E-state index in [0.717, 1.165) is 16.2 Å². The summed E-state index contributed by atoms with van der Waals surface area (Å²) in [5.41, 5.74) is 0.891. The van der Waals surface area contributed by atoms with Crippen LogP contribution in [-0.4, -0.2) is 5.97 Å². The van der Waals surface area contributed by atoms with Crippen molar-refractivity contribution >= 4 is 27.4 Å². The van der Waals surface area contributed by atoms with Crippen molar-refractivity contribution in [1.82, 2.24) is 0 Å². The van der Waals surface area contributed by atoms with Crippen molar-refractivity contribution in [1.29, 1.82) is 0 Å². The first-order valence-electron chi connectivity index (χ1n) is 5.93. The Morgan fingerprint density at radius 1 is 1.32 bits per heavy atom. The number of fused-ring (bicyclic) bond motifs is 1. The lowest BCUT2D eigenvalue weighted by Gasteiger charge is -2.00. The van der Waals surface area contributed by atoms with E-state index in [0.29, 0.717) is 0 Å². The second kappa shape index (κ2) is 4.90. The number of thiophene rings is 1. The SMILES string of the molecule is CC(=O)OCc1ccoc1-c1cc2ccccc2s1. The van der Waals surface area contributed by atoms with E-state index in [1.807, 2.05) is 18.2 Å². The van der Waals surface area contributed by atoms with Gasteiger partial charge in [-0.15, -0.1) is 11.3 Å². The van der Waals surface area contributed by atoms with Gasteiger partial charge in [-0.1, -0.05) is 18.2 Å². The smallest absolute Gasteiger partial charge is 0.302 e. The van der Waals surface area contributed by atoms with Gasteiger partial charge in [0.2, 0.25) is 0 Å². The Morgan fingerprint density at radius 3 is 2.95 bits per heavy atom. The third-order valence-corrected chi connectivity index (χ3v) is 3.94. The van der Waals surface area contributed by atoms with Gasteiger partial charge in [0.1, 0.15) is 12.4 Å². The molecule has 4 heteroatoms. The van der Waals surface area contributed by atoms with Crippen LogP contribution in [-0.2, 0) is 16.1 Å². The zero-order chi connectivity index (χ0) is 13.2. The van der Waals surface area contributed by atoms with Gasteiger partial charge >= 0.3 is 5.97 Å². The number of hydrogen-bond donors (Lipinski definition) is 0. The Balaban J connectivity index is 1.97. The van der Waals surface area contributed by atoms with Gasteiger partial charge in [-0.25, -0.2) is 0 Å². The van der Waals surface area contributed by atoms with E-state index in [1.54, 1.807) is 17.6 Å². The second-order valence-electron chi connectivity index (χ2n) is 4.20. The van der Waals surface area contributed by atoms with Crippen molar-refractivity contribution < 1.29 is 13.9 Å². The molecule has 3 nitrogen and oxygen atoms in total. The fraction of sp³-hybridized carbons (Fsp3) is 0.133. The minimum Gasteiger partial charge on any atom is -0.463 e. The summed E-state index contributed by atoms with van der Waals surface area (Å²) >= 11 is 1.67. The Morgan fingerprint density at radius 2 is 2.16 bits per heavy atom. The van der Waals surface area contributed by atoms with E-state index < -0.39 is 0 Å². The average molecular weight is 272 g/mol. The monoisotopic (exact) mass is 272 g/mol. The molecule has 0 fully saturated rings. The van der Waals surface area contributed by atoms with Crippen LogP contribution in [0.2, 0.25) is 0 Å². The maximum absolute atomic E-state index is 10.9. The molecule has 0 saturated heterocycles. The van der Waals surface area contributed by atoms with Crippen molar-refractivity contribution in [3.8, 4) is 10.6 Å². The molecule has 3 aromatic rings. The highest BCUT2D eigenvalue weighted by atomic mass is 32.1. The molecule has 0 radical (unpaired) electrons. The minimum absolute atomic E-state index is 0.245. The molecule has 0 aliphatic heterocycles. The largest absolute Gasteiger partial charge is 0.463 e. The van der Waals surface area contributed by atoms with E-state index in [9.17, 15) is 4.79 Å². The number of ether oxygens (including phenoxy) is 1. The van der Waals surface area contributed by atoms with Crippen LogP contribution in [0.15, 0.2) is 47.1 Å². The summed E-state index contributed by atoms with van der Waals surface area (Å²) in [6, 6.07) is 12.1. The van der Waals surface area contributed by atoms with Gasteiger partial charge in [-0.05, 0) is 23.6 Å². The van der Waals surface area contributed by atoms with Gasteiger partial charge in [0.15, 0.2) is 0 Å². The summed E-state index contributed by atoms with van der Waals surface area (Å²) in [6.07, 6.45) is 1.62. The molecule has 19 heavy (non-hydrogen) atoms. The molecule has 0 N–H and O–H groups in total. The highest BCUT2D eigenvalue weighted by molar-refractivity contribution is 7.22. The number of carbonyl (C=O) groups is 1. The third kappa shape index (κ3) is 2.39. The molecular weight excluding hydrogens is 260 g/mol. The summed E-state index contributed by atoms with van der Waals surface area (Å²) in [5.74, 6) is 0.492. The summed E-state index contributed by atoms with van der Waals surface area (Å²) in [4.78, 5) is 11.9. The van der Waals surface area contributed by atoms with Crippen molar-refractivity contribution in [2.75, 3.05) is 0 Å². The lowest BCUT2D eigenvalue weighted by molar-refractivity contribution is -0.142. The summed E-state index contributed by atoms with van der Waals surface area (Å²) < 4.78 is 11.8. The molecule has 0 atom stereocenters. The minimum atomic E-state index is -0.288. The summed E-state index contributed by atoms with van der Waals surface area (Å²) in [7, 11) is 0. The van der Waals surface area contributed by atoms with Gasteiger partial charge in [-0.3, -0.25) is 4.79 Å². The lowest BCUT2D eigenvalue weighted by atomic mass is 10.2. The highest BCUT2D eigenvalue weighted by Gasteiger charge is 2.13. The topological polar surface area (TPSA) is 39.4 Å². The van der Waals surface area contributed by atoms with Crippen molar-refractivity contribution in [2.45, 2.75) is 13.5 Å². The molecule has 0 spiro atoms. The molecule has 1 aromatic carbocycles. The van der Waals surface area contributed by atoms with Crippen LogP contribution in [0.5, 0.6) is 0 Å². The first kappa shape index (κ1) is 12.0. The lowest BCUT2D eigenvalue weighted by Crippen LogP contribution is -1.98. The maximum atomic E-state index is 10.9. The Labute approximate surface area is 114 Å². The highest BCUT2D eigenvalue weighted by Crippen LogP contribution is 2.35. The van der Waals surface area contributed by atoms with Crippen LogP contribution < -0.4 is 0 Å². The molecule has 96 valence electrons. The Kier molecular flexibility index (Phi) is 3.09. The van der Waals surface area contributed by atoms with E-state index in [-0.39, 0.29) is 12.6 Å². The van der Waals surface area contributed by atoms with Gasteiger partial charge in [0.05, 0.1) is 11.1 Å². The van der Waals surface area contributed by atoms with Gasteiger partial charge in [0.25, 0.3) is 0 Å². The maximum Gasteiger partial charge on any atom is 0.302 e. The standard InChI is InChI=1S/C15H12O3S/c1-10(16)18-9-12-6-7-17-15(12)14-8-11-4-2-3-5-13(11)19-14/h2-8H,9H2,1H3. The quantitative estimate of drug-likeness (QED) is 0.670. The normalized spacial score (nSPS) is 10.8. The predicted octanol–water partition coefficient (Wildman–Crippen LogP) is 4.22. The Bertz CT molecular complexity index is 691. The van der Waals surface area contributed by atoms with Crippen molar-refractivity contribution in [3.05, 3.63) is 48.2 Å². The fourth-order valence-electron chi connectivity index (χ4n) is 1.94. The molecule has 0 saturated carbocycles. The van der Waals surface area contributed by atoms with E-state index in [4.69, 9.17) is 9.15 Å². The van der Waals surface area contributed by atoms with Gasteiger partial charge in [0, 0.05) is 17.2 Å². The molecule has 0 aliphatic carbocycles. The van der Waals surface area contributed by atoms with Gasteiger partial charge in [-0.2, -0.15) is 0 Å². The number of rotatable bonds is 3. The molecule has 2 aromatic heterocycles. The molecule has 0 unspecified atom stereocenters. The molecule has 0 aliphatic rings. The molecule has 0 amide bonds. The van der Waals surface area contributed by atoms with E-state index >= 15 is 0 Å². The number of benzene rings is 1. The average Bonchev–Trinajstić information content (AvgIpc) is 3.02. The van der Waals surface area contributed by atoms with Crippen LogP contribution in [0.3, 0.4) is 0 Å². The first-order chi connectivity index (χ1) is 9.24. The number of esters is 1. The number of hydrogen-bond acceptors (Lipinski definition) is 4. The second-order valence-corrected chi connectivity index (χ2v) is 5.29. The zero-order valence-corrected chi connectivity index (χ0v) is 11.2. The van der Waals surface area contributed by atoms with Crippen LogP contribution in [0.1, 0.15) is 12.5 Å². The molecule has 2 heterocycles.